The van der Waals surface area contributed by atoms with Crippen molar-refractivity contribution in [2.75, 3.05) is 22.6 Å². The highest BCUT2D eigenvalue weighted by Gasteiger charge is 2.32. The summed E-state index contributed by atoms with van der Waals surface area (Å²) in [6, 6.07) is 10.5. The van der Waals surface area contributed by atoms with Crippen LogP contribution in [0.25, 0.3) is 0 Å². The number of anilines is 2. The average molecular weight is 494 g/mol. The smallest absolute Gasteiger partial charge is 0.347 e. The fraction of sp³-hybridized carbons (Fsp3) is 0.346. The van der Waals surface area contributed by atoms with Gasteiger partial charge in [-0.05, 0) is 62.6 Å². The number of unbranched alkanes of at least 4 members (excludes halogenated alkanes) is 1. The summed E-state index contributed by atoms with van der Waals surface area (Å²) in [5, 5.41) is 11.2. The van der Waals surface area contributed by atoms with Gasteiger partial charge in [-0.1, -0.05) is 37.2 Å². The molecule has 3 amide bonds. The van der Waals surface area contributed by atoms with Crippen LogP contribution in [0.4, 0.5) is 16.2 Å². The number of thioether (sulfide) groups is 1. The molecule has 0 saturated carbocycles. The summed E-state index contributed by atoms with van der Waals surface area (Å²) < 4.78 is 5.57. The molecule has 1 fully saturated rings. The van der Waals surface area contributed by atoms with Crippen molar-refractivity contribution in [1.29, 1.82) is 5.41 Å². The molecule has 0 radical (unpaired) electrons. The molecule has 1 aliphatic rings. The van der Waals surface area contributed by atoms with Crippen LogP contribution in [0.2, 0.25) is 0 Å². The van der Waals surface area contributed by atoms with Gasteiger partial charge in [0.25, 0.3) is 0 Å². The second-order valence-corrected chi connectivity index (χ2v) is 9.03. The lowest BCUT2D eigenvalue weighted by Crippen LogP contribution is -2.31. The third kappa shape index (κ3) is 6.86. The van der Waals surface area contributed by atoms with Gasteiger partial charge in [0.2, 0.25) is 5.91 Å². The lowest BCUT2D eigenvalue weighted by atomic mass is 10.1. The number of hydrogen-bond donors (Lipinski definition) is 2. The molecule has 0 spiro atoms. The molecule has 184 valence electrons. The second kappa shape index (κ2) is 12.4. The minimum atomic E-state index is -0.571. The number of urea groups is 1. The summed E-state index contributed by atoms with van der Waals surface area (Å²) in [6.07, 6.45) is 3.54. The maximum Gasteiger partial charge on any atom is 0.347 e. The Hall–Kier alpha value is -3.30. The van der Waals surface area contributed by atoms with Crippen LogP contribution in [0.5, 0.6) is 0 Å². The molecule has 1 heterocycles. The first-order valence-electron chi connectivity index (χ1n) is 11.6. The number of carbonyl (C=O) groups excluding carboxylic acids is 2. The van der Waals surface area contributed by atoms with Gasteiger partial charge in [-0.2, -0.15) is 4.99 Å². The number of nitrogens with one attached hydrogen (secondary N) is 2. The maximum atomic E-state index is 12.8. The first-order chi connectivity index (χ1) is 16.8. The Morgan fingerprint density at radius 2 is 2.03 bits per heavy atom. The van der Waals surface area contributed by atoms with Gasteiger partial charge in [0.05, 0.1) is 18.0 Å². The van der Waals surface area contributed by atoms with E-state index >= 15 is 0 Å². The summed E-state index contributed by atoms with van der Waals surface area (Å²) in [4.78, 5) is 35.4. The van der Waals surface area contributed by atoms with Gasteiger partial charge in [-0.3, -0.25) is 15.1 Å². The van der Waals surface area contributed by atoms with Crippen LogP contribution < -0.4 is 10.2 Å². The predicted molar refractivity (Wildman–Crippen MR) is 144 cm³/mol. The number of hydrogen-bond acceptors (Lipinski definition) is 5. The summed E-state index contributed by atoms with van der Waals surface area (Å²) in [5.74, 6) is 0.257. The largest absolute Gasteiger partial charge is 0.377 e. The molecular formula is C26H31N5O3S. The molecule has 1 saturated heterocycles. The van der Waals surface area contributed by atoms with Crippen molar-refractivity contribution in [3.05, 3.63) is 58.7 Å². The highest BCUT2D eigenvalue weighted by molar-refractivity contribution is 8.15. The number of ether oxygens (including phenoxy) is 1. The number of amides is 3. The minimum absolute atomic E-state index is 0.132. The van der Waals surface area contributed by atoms with Crippen molar-refractivity contribution < 1.29 is 14.3 Å². The second-order valence-electron chi connectivity index (χ2n) is 8.09. The molecule has 2 aromatic carbocycles. The molecule has 0 aromatic heterocycles. The molecule has 35 heavy (non-hydrogen) atoms. The standard InChI is InChI=1S/C26H31N5O3S/c1-5-7-12-28-24(27)19-10-11-21(18(4)14-19)29-25(33)30-26-31(23(32)16-35-26)22-13-17(3)8-9-20(22)15-34-6-2/h8-14,27H,5-7,15-16H2,1-4H3,(H,29,33)/b27-24?,28-12?,30-26-. The summed E-state index contributed by atoms with van der Waals surface area (Å²) in [6.45, 7) is 8.69. The Labute approximate surface area is 210 Å². The van der Waals surface area contributed by atoms with Crippen LogP contribution in [0.15, 0.2) is 46.4 Å². The van der Waals surface area contributed by atoms with E-state index in [0.29, 0.717) is 35.3 Å². The number of carbonyl (C=O) groups is 2. The van der Waals surface area contributed by atoms with Crippen LogP contribution in [0.1, 0.15) is 48.9 Å². The van der Waals surface area contributed by atoms with E-state index in [1.54, 1.807) is 24.4 Å². The highest BCUT2D eigenvalue weighted by Crippen LogP contribution is 2.31. The zero-order valence-corrected chi connectivity index (χ0v) is 21.4. The van der Waals surface area contributed by atoms with Crippen molar-refractivity contribution in [2.24, 2.45) is 9.98 Å². The van der Waals surface area contributed by atoms with Crippen LogP contribution in [0, 0.1) is 19.3 Å². The van der Waals surface area contributed by atoms with Crippen molar-refractivity contribution in [2.45, 2.75) is 47.1 Å². The monoisotopic (exact) mass is 493 g/mol. The van der Waals surface area contributed by atoms with Gasteiger partial charge < -0.3 is 10.1 Å². The molecule has 3 rings (SSSR count). The minimum Gasteiger partial charge on any atom is -0.377 e. The third-order valence-electron chi connectivity index (χ3n) is 5.29. The van der Waals surface area contributed by atoms with Gasteiger partial charge in [0.15, 0.2) is 11.0 Å². The van der Waals surface area contributed by atoms with E-state index < -0.39 is 6.03 Å². The normalized spacial score (nSPS) is 14.8. The molecule has 9 heteroatoms. The molecule has 0 bridgehead atoms. The molecular weight excluding hydrogens is 462 g/mol. The number of aliphatic imine (C=N–C) groups is 2. The summed E-state index contributed by atoms with van der Waals surface area (Å²) in [5.41, 5.74) is 4.58. The van der Waals surface area contributed by atoms with Crippen LogP contribution >= 0.6 is 11.8 Å². The average Bonchev–Trinajstić information content (AvgIpc) is 3.19. The zero-order valence-electron chi connectivity index (χ0n) is 20.6. The number of nitrogens with zero attached hydrogens (tertiary/aromatic N) is 3. The quantitative estimate of drug-likeness (QED) is 0.363. The van der Waals surface area contributed by atoms with Gasteiger partial charge >= 0.3 is 6.03 Å². The van der Waals surface area contributed by atoms with E-state index in [4.69, 9.17) is 10.1 Å². The molecule has 2 aromatic rings. The molecule has 8 nitrogen and oxygen atoms in total. The van der Waals surface area contributed by atoms with Crippen molar-refractivity contribution in [3.8, 4) is 0 Å². The SMILES string of the molecule is CCCC=NC(=N)c1ccc(NC(=O)/N=C2\SCC(=O)N2c2cc(C)ccc2COCC)c(C)c1. The number of amidine groups is 2. The Morgan fingerprint density at radius 3 is 2.74 bits per heavy atom. The third-order valence-corrected chi connectivity index (χ3v) is 6.21. The number of rotatable bonds is 8. The lowest BCUT2D eigenvalue weighted by Gasteiger charge is -2.20. The van der Waals surface area contributed by atoms with Crippen molar-refractivity contribution in [3.63, 3.8) is 0 Å². The van der Waals surface area contributed by atoms with Gasteiger partial charge in [-0.15, -0.1) is 0 Å². The van der Waals surface area contributed by atoms with Crippen LogP contribution in [-0.4, -0.2) is 41.5 Å². The first-order valence-corrected chi connectivity index (χ1v) is 12.6. The van der Waals surface area contributed by atoms with E-state index in [-0.39, 0.29) is 17.5 Å². The van der Waals surface area contributed by atoms with Gasteiger partial charge in [0.1, 0.15) is 0 Å². The van der Waals surface area contributed by atoms with Crippen LogP contribution in [0.3, 0.4) is 0 Å². The van der Waals surface area contributed by atoms with Crippen LogP contribution in [-0.2, 0) is 16.1 Å². The topological polar surface area (TPSA) is 107 Å². The fourth-order valence-electron chi connectivity index (χ4n) is 3.44. The van der Waals surface area contributed by atoms with Crippen molar-refractivity contribution in [1.82, 2.24) is 0 Å². The fourth-order valence-corrected chi connectivity index (χ4v) is 4.30. The zero-order chi connectivity index (χ0) is 25.4. The van der Waals surface area contributed by atoms with E-state index in [2.05, 4.69) is 22.2 Å². The predicted octanol–water partition coefficient (Wildman–Crippen LogP) is 5.70. The molecule has 2 N–H and O–H groups in total. The number of benzene rings is 2. The lowest BCUT2D eigenvalue weighted by molar-refractivity contribution is -0.115. The highest BCUT2D eigenvalue weighted by atomic mass is 32.2. The molecule has 1 aliphatic heterocycles. The molecule has 0 unspecified atom stereocenters. The molecule has 0 aliphatic carbocycles. The Balaban J connectivity index is 1.80. The Kier molecular flexibility index (Phi) is 9.33. The Bertz CT molecular complexity index is 1180. The van der Waals surface area contributed by atoms with E-state index in [1.807, 2.05) is 39.0 Å². The van der Waals surface area contributed by atoms with E-state index in [0.717, 1.165) is 29.5 Å². The Morgan fingerprint density at radius 1 is 1.23 bits per heavy atom. The van der Waals surface area contributed by atoms with E-state index in [1.165, 1.54) is 16.7 Å². The number of aryl methyl sites for hydroxylation is 2. The first kappa shape index (κ1) is 26.3. The maximum absolute atomic E-state index is 12.8. The van der Waals surface area contributed by atoms with Crippen molar-refractivity contribution >= 4 is 52.3 Å². The summed E-state index contributed by atoms with van der Waals surface area (Å²) in [7, 11) is 0. The summed E-state index contributed by atoms with van der Waals surface area (Å²) >= 11 is 1.23. The van der Waals surface area contributed by atoms with Gasteiger partial charge in [-0.25, -0.2) is 9.79 Å². The van der Waals surface area contributed by atoms with E-state index in [9.17, 15) is 9.59 Å². The molecule has 0 atom stereocenters. The van der Waals surface area contributed by atoms with Gasteiger partial charge in [0, 0.05) is 29.6 Å².